The molecule has 1 N–H and O–H groups in total. The van der Waals surface area contributed by atoms with Crippen LogP contribution in [0.4, 0.5) is 5.69 Å². The third kappa shape index (κ3) is 3.83. The van der Waals surface area contributed by atoms with Crippen LogP contribution >= 0.6 is 0 Å². The van der Waals surface area contributed by atoms with Gasteiger partial charge in [-0.2, -0.15) is 0 Å². The smallest absolute Gasteiger partial charge is 0.0947 e. The average Bonchev–Trinajstić information content (AvgIpc) is 2.61. The number of quaternary nitrogens is 1. The zero-order chi connectivity index (χ0) is 13.7. The number of anilines is 1. The number of likely N-dealkylation sites (N-methyl/N-ethyl adjacent to an activating group) is 1. The Hall–Kier alpha value is -1.81. The molecule has 0 aliphatic carbocycles. The Morgan fingerprint density at radius 3 is 2.89 bits per heavy atom. The van der Waals surface area contributed by atoms with E-state index in [1.165, 1.54) is 6.54 Å². The highest BCUT2D eigenvalue weighted by molar-refractivity contribution is 5.85. The van der Waals surface area contributed by atoms with Crippen LogP contribution < -0.4 is 14.9 Å². The standard InChI is InChI=1S/C15H20N2O2/c1-16-9-4-10-17(12-11-16)14-6-3-2-5-13(14)7-8-15(18)19/h2-3,5-8H,4,9-12H2,1H3,(H,18,19)/b8-7+. The third-order valence-corrected chi connectivity index (χ3v) is 3.52. The summed E-state index contributed by atoms with van der Waals surface area (Å²) in [5, 5.41) is 10.5. The second-order valence-corrected chi connectivity index (χ2v) is 5.01. The monoisotopic (exact) mass is 260 g/mol. The van der Waals surface area contributed by atoms with Gasteiger partial charge in [0.2, 0.25) is 0 Å². The van der Waals surface area contributed by atoms with Gasteiger partial charge in [-0.25, -0.2) is 0 Å². The Kier molecular flexibility index (Phi) is 4.58. The van der Waals surface area contributed by atoms with E-state index in [1.54, 1.807) is 11.0 Å². The number of rotatable bonds is 3. The first-order valence-corrected chi connectivity index (χ1v) is 6.71. The number of carboxylic acids is 1. The van der Waals surface area contributed by atoms with Gasteiger partial charge in [0.1, 0.15) is 0 Å². The molecule has 102 valence electrons. The van der Waals surface area contributed by atoms with Crippen molar-refractivity contribution in [3.05, 3.63) is 35.9 Å². The highest BCUT2D eigenvalue weighted by atomic mass is 16.4. The zero-order valence-corrected chi connectivity index (χ0v) is 11.3. The van der Waals surface area contributed by atoms with Crippen molar-refractivity contribution in [1.82, 2.24) is 0 Å². The number of hydrogen-bond donors (Lipinski definition) is 1. The molecule has 1 aliphatic rings. The molecule has 0 aromatic heterocycles. The van der Waals surface area contributed by atoms with Crippen molar-refractivity contribution in [2.24, 2.45) is 0 Å². The maximum atomic E-state index is 10.5. The molecule has 1 heterocycles. The van der Waals surface area contributed by atoms with Crippen molar-refractivity contribution in [3.8, 4) is 0 Å². The van der Waals surface area contributed by atoms with Crippen molar-refractivity contribution in [1.29, 1.82) is 0 Å². The Morgan fingerprint density at radius 1 is 1.32 bits per heavy atom. The average molecular weight is 260 g/mol. The van der Waals surface area contributed by atoms with E-state index in [1.807, 2.05) is 18.2 Å². The quantitative estimate of drug-likeness (QED) is 0.722. The van der Waals surface area contributed by atoms with Crippen LogP contribution in [0.1, 0.15) is 12.0 Å². The number of hydrogen-bond acceptors (Lipinski definition) is 3. The maximum Gasteiger partial charge on any atom is 0.0947 e. The van der Waals surface area contributed by atoms with Crippen LogP contribution in [0.5, 0.6) is 0 Å². The normalized spacial score (nSPS) is 20.5. The highest BCUT2D eigenvalue weighted by Gasteiger charge is 2.16. The summed E-state index contributed by atoms with van der Waals surface area (Å²) in [5.74, 6) is -1.16. The van der Waals surface area contributed by atoms with Crippen LogP contribution in [0.2, 0.25) is 0 Å². The van der Waals surface area contributed by atoms with Gasteiger partial charge in [0, 0.05) is 18.7 Å². The fourth-order valence-electron chi connectivity index (χ4n) is 2.45. The van der Waals surface area contributed by atoms with Crippen LogP contribution in [0.3, 0.4) is 0 Å². The van der Waals surface area contributed by atoms with Crippen molar-refractivity contribution in [2.45, 2.75) is 6.42 Å². The Labute approximate surface area is 113 Å². The van der Waals surface area contributed by atoms with E-state index in [0.717, 1.165) is 43.4 Å². The Balaban J connectivity index is 2.21. The summed E-state index contributed by atoms with van der Waals surface area (Å²) in [6.45, 7) is 4.32. The van der Waals surface area contributed by atoms with Crippen LogP contribution in [0.15, 0.2) is 30.3 Å². The Morgan fingerprint density at radius 2 is 2.11 bits per heavy atom. The van der Waals surface area contributed by atoms with Gasteiger partial charge >= 0.3 is 0 Å². The topological polar surface area (TPSA) is 47.8 Å². The predicted molar refractivity (Wildman–Crippen MR) is 73.9 cm³/mol. The third-order valence-electron chi connectivity index (χ3n) is 3.52. The molecule has 2 rings (SSSR count). The molecule has 0 radical (unpaired) electrons. The van der Waals surface area contributed by atoms with Crippen molar-refractivity contribution < 1.29 is 14.8 Å². The van der Waals surface area contributed by atoms with E-state index in [4.69, 9.17) is 0 Å². The lowest BCUT2D eigenvalue weighted by Crippen LogP contribution is -3.09. The first-order chi connectivity index (χ1) is 9.16. The number of carboxylic acid groups (broad SMARTS) is 1. The van der Waals surface area contributed by atoms with Gasteiger partial charge in [-0.1, -0.05) is 24.3 Å². The largest absolute Gasteiger partial charge is 0.545 e. The van der Waals surface area contributed by atoms with E-state index in [0.29, 0.717) is 0 Å². The molecule has 0 saturated carbocycles. The van der Waals surface area contributed by atoms with Gasteiger partial charge < -0.3 is 19.7 Å². The van der Waals surface area contributed by atoms with E-state index in [9.17, 15) is 9.90 Å². The number of benzene rings is 1. The minimum absolute atomic E-state index is 0.936. The second kappa shape index (κ2) is 6.38. The number of para-hydroxylation sites is 1. The molecule has 1 aromatic carbocycles. The summed E-state index contributed by atoms with van der Waals surface area (Å²) in [5.41, 5.74) is 2.04. The summed E-state index contributed by atoms with van der Waals surface area (Å²) in [6.07, 6.45) is 3.87. The number of carbonyl (C=O) groups is 1. The minimum Gasteiger partial charge on any atom is -0.545 e. The molecule has 1 fully saturated rings. The van der Waals surface area contributed by atoms with Crippen LogP contribution in [-0.2, 0) is 4.79 Å². The van der Waals surface area contributed by atoms with Gasteiger partial charge in [-0.05, 0) is 17.7 Å². The van der Waals surface area contributed by atoms with Crippen molar-refractivity contribution in [3.63, 3.8) is 0 Å². The lowest BCUT2D eigenvalue weighted by molar-refractivity contribution is -0.876. The molecular weight excluding hydrogens is 240 g/mol. The summed E-state index contributed by atoms with van der Waals surface area (Å²) >= 11 is 0. The molecule has 1 aliphatic heterocycles. The highest BCUT2D eigenvalue weighted by Crippen LogP contribution is 2.22. The van der Waals surface area contributed by atoms with Crippen molar-refractivity contribution >= 4 is 17.7 Å². The fourth-order valence-corrected chi connectivity index (χ4v) is 2.45. The van der Waals surface area contributed by atoms with Crippen molar-refractivity contribution in [2.75, 3.05) is 38.1 Å². The van der Waals surface area contributed by atoms with E-state index in [-0.39, 0.29) is 0 Å². The van der Waals surface area contributed by atoms with E-state index < -0.39 is 5.97 Å². The van der Waals surface area contributed by atoms with Crippen LogP contribution in [0.25, 0.3) is 6.08 Å². The second-order valence-electron chi connectivity index (χ2n) is 5.01. The lowest BCUT2D eigenvalue weighted by atomic mass is 10.1. The predicted octanol–water partition coefficient (Wildman–Crippen LogP) is -0.825. The molecule has 1 atom stereocenters. The molecule has 0 amide bonds. The summed E-state index contributed by atoms with van der Waals surface area (Å²) in [7, 11) is 2.21. The van der Waals surface area contributed by atoms with E-state index >= 15 is 0 Å². The molecule has 1 unspecified atom stereocenters. The van der Waals surface area contributed by atoms with Gasteiger partial charge in [-0.3, -0.25) is 0 Å². The van der Waals surface area contributed by atoms with Gasteiger partial charge in [0.25, 0.3) is 0 Å². The molecule has 4 nitrogen and oxygen atoms in total. The molecule has 1 aromatic rings. The number of nitrogens with one attached hydrogen (secondary N) is 1. The molecule has 19 heavy (non-hydrogen) atoms. The molecular formula is C15H20N2O2. The Bertz CT molecular complexity index is 471. The lowest BCUT2D eigenvalue weighted by Gasteiger charge is -2.23. The van der Waals surface area contributed by atoms with Crippen LogP contribution in [-0.4, -0.2) is 39.2 Å². The van der Waals surface area contributed by atoms with Gasteiger partial charge in [0.15, 0.2) is 0 Å². The zero-order valence-electron chi connectivity index (χ0n) is 11.3. The number of nitrogens with zero attached hydrogens (tertiary/aromatic N) is 1. The van der Waals surface area contributed by atoms with Gasteiger partial charge in [0.05, 0.1) is 32.7 Å². The summed E-state index contributed by atoms with van der Waals surface area (Å²) in [6, 6.07) is 7.91. The molecule has 4 heteroatoms. The molecule has 0 spiro atoms. The summed E-state index contributed by atoms with van der Waals surface area (Å²) < 4.78 is 0. The summed E-state index contributed by atoms with van der Waals surface area (Å²) in [4.78, 5) is 14.4. The molecule has 1 saturated heterocycles. The first-order valence-electron chi connectivity index (χ1n) is 6.71. The number of aliphatic carboxylic acids is 1. The number of carbonyl (C=O) groups excluding carboxylic acids is 1. The molecule has 0 bridgehead atoms. The maximum absolute atomic E-state index is 10.5. The minimum atomic E-state index is -1.16. The first kappa shape index (κ1) is 13.6. The van der Waals surface area contributed by atoms with Gasteiger partial charge in [-0.15, -0.1) is 0 Å². The fraction of sp³-hybridized carbons (Fsp3) is 0.400. The SMILES string of the molecule is C[NH+]1CCCN(c2ccccc2/C=C/C(=O)[O-])CC1. The van der Waals surface area contributed by atoms with E-state index in [2.05, 4.69) is 18.0 Å². The van der Waals surface area contributed by atoms with Crippen LogP contribution in [0, 0.1) is 0 Å².